The van der Waals surface area contributed by atoms with E-state index in [0.717, 1.165) is 80.2 Å². The van der Waals surface area contributed by atoms with Gasteiger partial charge in [-0.3, -0.25) is 9.36 Å². The van der Waals surface area contributed by atoms with Crippen LogP contribution < -0.4 is 9.47 Å². The van der Waals surface area contributed by atoms with E-state index in [9.17, 15) is 0 Å². The number of aromatic nitrogens is 6. The first kappa shape index (κ1) is 34.3. The molecule has 0 amide bonds. The predicted molar refractivity (Wildman–Crippen MR) is 198 cm³/mol. The largest absolute Gasteiger partial charge is 0.491 e. The maximum atomic E-state index is 5.91. The normalized spacial score (nSPS) is 11.5. The Morgan fingerprint density at radius 1 is 0.609 bits per heavy atom. The van der Waals surface area contributed by atoms with Gasteiger partial charge in [-0.25, -0.2) is 0 Å². The molecule has 0 N–H and O–H groups in total. The predicted octanol–water partition coefficient (Wildman–Crippen LogP) is 5.78. The van der Waals surface area contributed by atoms with Crippen LogP contribution in [0.1, 0.15) is 11.1 Å². The standard InChI is InChI=1S/C34H40I2N8O2/c1-41(2)17-19-45-33-11-5-25(21-29(33)35)13-15-43-23-31(37-39-43)27-7-9-28(10-8-27)32-24-44(40-38-32)16-14-26-6-12-34(30(36)22-26)46-20-18-42(3)4/h5-12,21-24H,13-20H2,1-4H3. The molecule has 0 unspecified atom stereocenters. The van der Waals surface area contributed by atoms with Crippen LogP contribution in [0.3, 0.4) is 0 Å². The van der Waals surface area contributed by atoms with Crippen LogP contribution in [0.15, 0.2) is 73.1 Å². The van der Waals surface area contributed by atoms with E-state index in [1.807, 2.05) is 49.9 Å². The molecule has 5 rings (SSSR count). The Labute approximate surface area is 298 Å². The number of halogens is 2. The number of hydrogen-bond donors (Lipinski definition) is 0. The molecule has 0 saturated heterocycles. The Bertz CT molecular complexity index is 1580. The fraction of sp³-hybridized carbons (Fsp3) is 0.353. The minimum Gasteiger partial charge on any atom is -0.491 e. The Kier molecular flexibility index (Phi) is 12.4. The van der Waals surface area contributed by atoms with E-state index < -0.39 is 0 Å². The van der Waals surface area contributed by atoms with E-state index in [4.69, 9.17) is 9.47 Å². The SMILES string of the molecule is CN(C)CCOc1ccc(CCn2cc(-c3ccc(-c4cn(CCc5ccc(OCCN(C)C)c(I)c5)nn4)cc3)nn2)cc1I. The molecule has 0 fully saturated rings. The van der Waals surface area contributed by atoms with Crippen LogP contribution in [0.5, 0.6) is 11.5 Å². The molecule has 0 aliphatic carbocycles. The molecule has 0 bridgehead atoms. The Morgan fingerprint density at radius 3 is 1.39 bits per heavy atom. The van der Waals surface area contributed by atoms with Crippen LogP contribution in [-0.2, 0) is 25.9 Å². The molecule has 0 atom stereocenters. The van der Waals surface area contributed by atoms with E-state index in [-0.39, 0.29) is 0 Å². The summed E-state index contributed by atoms with van der Waals surface area (Å²) >= 11 is 4.68. The number of ether oxygens (including phenoxy) is 2. The molecule has 46 heavy (non-hydrogen) atoms. The van der Waals surface area contributed by atoms with Crippen molar-refractivity contribution in [3.8, 4) is 34.0 Å². The van der Waals surface area contributed by atoms with Gasteiger partial charge in [0.05, 0.1) is 19.5 Å². The monoisotopic (exact) mass is 846 g/mol. The van der Waals surface area contributed by atoms with E-state index in [1.54, 1.807) is 0 Å². The summed E-state index contributed by atoms with van der Waals surface area (Å²) in [5, 5.41) is 17.6. The molecule has 0 saturated carbocycles. The van der Waals surface area contributed by atoms with Gasteiger partial charge in [0.15, 0.2) is 0 Å². The topological polar surface area (TPSA) is 86.4 Å². The van der Waals surface area contributed by atoms with Crippen molar-refractivity contribution in [2.45, 2.75) is 25.9 Å². The van der Waals surface area contributed by atoms with Crippen LogP contribution in [-0.4, -0.2) is 94.3 Å². The fourth-order valence-corrected chi connectivity index (χ4v) is 6.16. The second kappa shape index (κ2) is 16.7. The second-order valence-electron chi connectivity index (χ2n) is 11.6. The number of hydrogen-bond acceptors (Lipinski definition) is 8. The van der Waals surface area contributed by atoms with Gasteiger partial charge in [0.25, 0.3) is 0 Å². The van der Waals surface area contributed by atoms with Gasteiger partial charge < -0.3 is 19.3 Å². The van der Waals surface area contributed by atoms with Gasteiger partial charge in [0, 0.05) is 37.3 Å². The molecule has 0 radical (unpaired) electrons. The van der Waals surface area contributed by atoms with Crippen molar-refractivity contribution < 1.29 is 9.47 Å². The number of likely N-dealkylation sites (N-methyl/N-ethyl adjacent to an activating group) is 2. The highest BCUT2D eigenvalue weighted by atomic mass is 127. The van der Waals surface area contributed by atoms with E-state index in [0.29, 0.717) is 13.2 Å². The van der Waals surface area contributed by atoms with Crippen molar-refractivity contribution in [3.63, 3.8) is 0 Å². The lowest BCUT2D eigenvalue weighted by molar-refractivity contribution is 0.260. The van der Waals surface area contributed by atoms with Crippen molar-refractivity contribution in [2.75, 3.05) is 54.5 Å². The van der Waals surface area contributed by atoms with Crippen molar-refractivity contribution in [2.24, 2.45) is 0 Å². The summed E-state index contributed by atoms with van der Waals surface area (Å²) < 4.78 is 17.9. The summed E-state index contributed by atoms with van der Waals surface area (Å²) in [7, 11) is 8.18. The van der Waals surface area contributed by atoms with Crippen LogP contribution in [0, 0.1) is 7.14 Å². The third kappa shape index (κ3) is 9.96. The molecule has 0 spiro atoms. The molecule has 0 aliphatic heterocycles. The summed E-state index contributed by atoms with van der Waals surface area (Å²) in [5.74, 6) is 1.86. The average Bonchev–Trinajstić information content (AvgIpc) is 3.71. The van der Waals surface area contributed by atoms with Crippen molar-refractivity contribution in [3.05, 3.63) is 91.3 Å². The summed E-state index contributed by atoms with van der Waals surface area (Å²) in [4.78, 5) is 4.23. The summed E-state index contributed by atoms with van der Waals surface area (Å²) in [6.45, 7) is 4.63. The highest BCUT2D eigenvalue weighted by Crippen LogP contribution is 2.25. The minimum absolute atomic E-state index is 0.676. The van der Waals surface area contributed by atoms with Crippen LogP contribution in [0.2, 0.25) is 0 Å². The zero-order valence-corrected chi connectivity index (χ0v) is 31.1. The molecule has 12 heteroatoms. The van der Waals surface area contributed by atoms with Gasteiger partial charge in [-0.1, -0.05) is 46.8 Å². The second-order valence-corrected chi connectivity index (χ2v) is 14.0. The first-order valence-electron chi connectivity index (χ1n) is 15.3. The van der Waals surface area contributed by atoms with Crippen molar-refractivity contribution in [1.82, 2.24) is 39.8 Å². The smallest absolute Gasteiger partial charge is 0.132 e. The number of rotatable bonds is 16. The third-order valence-electron chi connectivity index (χ3n) is 7.40. The van der Waals surface area contributed by atoms with Gasteiger partial charge in [-0.05, 0) is 122 Å². The molecule has 3 aromatic carbocycles. The molecule has 5 aromatic rings. The maximum Gasteiger partial charge on any atom is 0.132 e. The van der Waals surface area contributed by atoms with Crippen LogP contribution in [0.25, 0.3) is 22.5 Å². The van der Waals surface area contributed by atoms with Crippen molar-refractivity contribution in [1.29, 1.82) is 0 Å². The summed E-state index contributed by atoms with van der Waals surface area (Å²) in [6, 6.07) is 21.0. The Morgan fingerprint density at radius 2 is 1.02 bits per heavy atom. The first-order valence-corrected chi connectivity index (χ1v) is 17.4. The van der Waals surface area contributed by atoms with Gasteiger partial charge in [-0.2, -0.15) is 0 Å². The molecular formula is C34H40I2N8O2. The average molecular weight is 847 g/mol. The molecule has 242 valence electrons. The zero-order valence-electron chi connectivity index (χ0n) is 26.7. The van der Waals surface area contributed by atoms with Crippen LogP contribution in [0.4, 0.5) is 0 Å². The van der Waals surface area contributed by atoms with E-state index >= 15 is 0 Å². The zero-order chi connectivity index (χ0) is 32.5. The molecular weight excluding hydrogens is 806 g/mol. The first-order chi connectivity index (χ1) is 22.2. The summed E-state index contributed by atoms with van der Waals surface area (Å²) in [5.41, 5.74) is 6.20. The van der Waals surface area contributed by atoms with Gasteiger partial charge in [0.1, 0.15) is 36.1 Å². The minimum atomic E-state index is 0.676. The van der Waals surface area contributed by atoms with Gasteiger partial charge in [0.2, 0.25) is 0 Å². The third-order valence-corrected chi connectivity index (χ3v) is 9.08. The lowest BCUT2D eigenvalue weighted by Crippen LogP contribution is -2.19. The molecule has 0 aliphatic rings. The highest BCUT2D eigenvalue weighted by molar-refractivity contribution is 14.1. The maximum absolute atomic E-state index is 5.91. The lowest BCUT2D eigenvalue weighted by atomic mass is 10.1. The molecule has 2 aromatic heterocycles. The van der Waals surface area contributed by atoms with Gasteiger partial charge in [-0.15, -0.1) is 10.2 Å². The summed E-state index contributed by atoms with van der Waals surface area (Å²) in [6.07, 6.45) is 5.72. The molecule has 2 heterocycles. The Balaban J connectivity index is 1.11. The van der Waals surface area contributed by atoms with E-state index in [2.05, 4.69) is 136 Å². The number of nitrogens with zero attached hydrogens (tertiary/aromatic N) is 8. The number of benzene rings is 3. The van der Waals surface area contributed by atoms with E-state index in [1.165, 1.54) is 11.1 Å². The number of aryl methyl sites for hydroxylation is 4. The quantitative estimate of drug-likeness (QED) is 0.116. The lowest BCUT2D eigenvalue weighted by Gasteiger charge is -2.13. The highest BCUT2D eigenvalue weighted by Gasteiger charge is 2.10. The van der Waals surface area contributed by atoms with Crippen LogP contribution >= 0.6 is 45.2 Å². The Hall–Kier alpha value is -3.08. The fourth-order valence-electron chi connectivity index (χ4n) is 4.69. The van der Waals surface area contributed by atoms with Gasteiger partial charge >= 0.3 is 0 Å². The van der Waals surface area contributed by atoms with Crippen molar-refractivity contribution >= 4 is 45.2 Å². The molecule has 10 nitrogen and oxygen atoms in total.